The van der Waals surface area contributed by atoms with Crippen LogP contribution in [0.25, 0.3) is 21.8 Å². The summed E-state index contributed by atoms with van der Waals surface area (Å²) in [5, 5.41) is 2.70. The van der Waals surface area contributed by atoms with Gasteiger partial charge in [-0.3, -0.25) is 0 Å². The number of ether oxygens (including phenoxy) is 1. The minimum absolute atomic E-state index is 0.667. The lowest BCUT2D eigenvalue weighted by Crippen LogP contribution is -1.98. The average Bonchev–Trinajstić information content (AvgIpc) is 2.95. The highest BCUT2D eigenvalue weighted by atomic mass is 16.5. The third-order valence-corrected chi connectivity index (χ3v) is 4.47. The van der Waals surface area contributed by atoms with Gasteiger partial charge in [0.05, 0.1) is 6.61 Å². The van der Waals surface area contributed by atoms with Crippen LogP contribution in [0.15, 0.2) is 73.5 Å². The first-order chi connectivity index (χ1) is 11.8. The normalized spacial score (nSPS) is 11.0. The Balaban J connectivity index is 1.59. The molecular weight excluding hydrogens is 294 g/mol. The van der Waals surface area contributed by atoms with Crippen LogP contribution in [0.4, 0.5) is 0 Å². The van der Waals surface area contributed by atoms with Crippen molar-refractivity contribution in [2.75, 3.05) is 6.61 Å². The van der Waals surface area contributed by atoms with E-state index in [2.05, 4.69) is 66.3 Å². The highest BCUT2D eigenvalue weighted by Crippen LogP contribution is 2.29. The van der Waals surface area contributed by atoms with Gasteiger partial charge in [0.15, 0.2) is 0 Å². The molecule has 2 aromatic carbocycles. The van der Waals surface area contributed by atoms with Crippen molar-refractivity contribution in [3.63, 3.8) is 0 Å². The van der Waals surface area contributed by atoms with E-state index in [9.17, 15) is 0 Å². The zero-order valence-corrected chi connectivity index (χ0v) is 14.2. The Bertz CT molecular complexity index is 790. The zero-order chi connectivity index (χ0) is 16.8. The van der Waals surface area contributed by atoms with E-state index in [0.29, 0.717) is 5.76 Å². The molecule has 3 rings (SSSR count). The standard InChI is InChI=1S/C22H25NO/c1-3-18(2)24-17-11-5-4-10-16-23-21-14-8-6-12-19(21)20-13-7-9-15-22(20)23/h3,6-9,12-15H,1-2,4-5,10-11,16-17H2. The largest absolute Gasteiger partial charge is 0.494 e. The Morgan fingerprint density at radius 1 is 0.875 bits per heavy atom. The molecule has 1 heterocycles. The fourth-order valence-corrected chi connectivity index (χ4v) is 3.23. The van der Waals surface area contributed by atoms with Crippen molar-refractivity contribution in [1.29, 1.82) is 0 Å². The molecule has 0 fully saturated rings. The minimum atomic E-state index is 0.667. The lowest BCUT2D eigenvalue weighted by molar-refractivity contribution is 0.218. The van der Waals surface area contributed by atoms with Crippen LogP contribution in [-0.4, -0.2) is 11.2 Å². The van der Waals surface area contributed by atoms with Crippen LogP contribution in [-0.2, 0) is 11.3 Å². The molecule has 2 nitrogen and oxygen atoms in total. The van der Waals surface area contributed by atoms with Crippen LogP contribution in [0.5, 0.6) is 0 Å². The first-order valence-corrected chi connectivity index (χ1v) is 8.71. The fourth-order valence-electron chi connectivity index (χ4n) is 3.23. The van der Waals surface area contributed by atoms with Crippen molar-refractivity contribution in [2.24, 2.45) is 0 Å². The van der Waals surface area contributed by atoms with Gasteiger partial charge >= 0.3 is 0 Å². The summed E-state index contributed by atoms with van der Waals surface area (Å²) in [6, 6.07) is 17.4. The van der Waals surface area contributed by atoms with Crippen LogP contribution in [0.2, 0.25) is 0 Å². The summed E-state index contributed by atoms with van der Waals surface area (Å²) in [7, 11) is 0. The van der Waals surface area contributed by atoms with E-state index in [1.165, 1.54) is 41.1 Å². The number of fused-ring (bicyclic) bond motifs is 3. The molecule has 0 saturated carbocycles. The van der Waals surface area contributed by atoms with Crippen LogP contribution >= 0.6 is 0 Å². The lowest BCUT2D eigenvalue weighted by Gasteiger charge is -2.08. The molecule has 0 aliphatic carbocycles. The highest BCUT2D eigenvalue weighted by molar-refractivity contribution is 6.07. The SMILES string of the molecule is C=CC(=C)OCCCCCCn1c2ccccc2c2ccccc21. The third-order valence-electron chi connectivity index (χ3n) is 4.47. The fraction of sp³-hybridized carbons (Fsp3) is 0.273. The summed E-state index contributed by atoms with van der Waals surface area (Å²) in [5.74, 6) is 0.667. The lowest BCUT2D eigenvalue weighted by atomic mass is 10.2. The predicted octanol–water partition coefficient (Wildman–Crippen LogP) is 6.07. The predicted molar refractivity (Wildman–Crippen MR) is 103 cm³/mol. The molecule has 0 aliphatic rings. The Morgan fingerprint density at radius 3 is 2.08 bits per heavy atom. The van der Waals surface area contributed by atoms with Gasteiger partial charge in [0.25, 0.3) is 0 Å². The van der Waals surface area contributed by atoms with E-state index in [1.54, 1.807) is 6.08 Å². The van der Waals surface area contributed by atoms with Crippen molar-refractivity contribution in [1.82, 2.24) is 4.57 Å². The molecule has 3 aromatic rings. The maximum absolute atomic E-state index is 5.44. The van der Waals surface area contributed by atoms with Crippen LogP contribution in [0.3, 0.4) is 0 Å². The highest BCUT2D eigenvalue weighted by Gasteiger charge is 2.08. The third kappa shape index (κ3) is 3.53. The van der Waals surface area contributed by atoms with Crippen molar-refractivity contribution in [3.05, 3.63) is 73.5 Å². The Labute approximate surface area is 144 Å². The molecule has 0 atom stereocenters. The number of allylic oxidation sites excluding steroid dienone is 1. The molecule has 0 saturated heterocycles. The number of hydrogen-bond acceptors (Lipinski definition) is 1. The van der Waals surface area contributed by atoms with Gasteiger partial charge in [0.2, 0.25) is 0 Å². The number of nitrogens with zero attached hydrogens (tertiary/aromatic N) is 1. The van der Waals surface area contributed by atoms with Crippen molar-refractivity contribution < 1.29 is 4.74 Å². The smallest absolute Gasteiger partial charge is 0.111 e. The summed E-state index contributed by atoms with van der Waals surface area (Å²) in [6.07, 6.45) is 6.31. The molecule has 0 spiro atoms. The van der Waals surface area contributed by atoms with E-state index in [4.69, 9.17) is 4.74 Å². The molecule has 0 bridgehead atoms. The van der Waals surface area contributed by atoms with Gasteiger partial charge in [0, 0.05) is 28.4 Å². The van der Waals surface area contributed by atoms with Gasteiger partial charge in [-0.05, 0) is 31.1 Å². The van der Waals surface area contributed by atoms with Crippen molar-refractivity contribution in [3.8, 4) is 0 Å². The molecule has 0 N–H and O–H groups in total. The van der Waals surface area contributed by atoms with E-state index >= 15 is 0 Å². The molecule has 2 heteroatoms. The van der Waals surface area contributed by atoms with Crippen LogP contribution in [0.1, 0.15) is 25.7 Å². The summed E-state index contributed by atoms with van der Waals surface area (Å²) in [4.78, 5) is 0. The number of unbranched alkanes of at least 4 members (excludes halogenated alkanes) is 3. The quantitative estimate of drug-likeness (QED) is 0.265. The molecular formula is C22H25NO. The Hall–Kier alpha value is -2.48. The number of aryl methyl sites for hydroxylation is 1. The first kappa shape index (κ1) is 16.4. The monoisotopic (exact) mass is 319 g/mol. The Morgan fingerprint density at radius 2 is 1.46 bits per heavy atom. The van der Waals surface area contributed by atoms with E-state index in [1.807, 2.05) is 0 Å². The second kappa shape index (κ2) is 7.87. The first-order valence-electron chi connectivity index (χ1n) is 8.71. The van der Waals surface area contributed by atoms with Crippen LogP contribution in [0, 0.1) is 0 Å². The summed E-state index contributed by atoms with van der Waals surface area (Å²) in [5.41, 5.74) is 2.67. The number of rotatable bonds is 9. The summed E-state index contributed by atoms with van der Waals surface area (Å²) in [6.45, 7) is 9.20. The van der Waals surface area contributed by atoms with Gasteiger partial charge in [0.1, 0.15) is 5.76 Å². The number of hydrogen-bond donors (Lipinski definition) is 0. The molecule has 0 amide bonds. The van der Waals surface area contributed by atoms with E-state index in [0.717, 1.165) is 19.6 Å². The number of para-hydroxylation sites is 2. The molecule has 0 unspecified atom stereocenters. The Kier molecular flexibility index (Phi) is 5.37. The second-order valence-electron chi connectivity index (χ2n) is 6.12. The minimum Gasteiger partial charge on any atom is -0.494 e. The second-order valence-corrected chi connectivity index (χ2v) is 6.12. The average molecular weight is 319 g/mol. The van der Waals surface area contributed by atoms with Gasteiger partial charge in [-0.15, -0.1) is 0 Å². The van der Waals surface area contributed by atoms with Gasteiger partial charge in [-0.25, -0.2) is 0 Å². The zero-order valence-electron chi connectivity index (χ0n) is 14.2. The topological polar surface area (TPSA) is 14.2 Å². The molecule has 0 aliphatic heterocycles. The van der Waals surface area contributed by atoms with Crippen LogP contribution < -0.4 is 0 Å². The molecule has 124 valence electrons. The van der Waals surface area contributed by atoms with Crippen molar-refractivity contribution in [2.45, 2.75) is 32.2 Å². The van der Waals surface area contributed by atoms with Gasteiger partial charge in [-0.1, -0.05) is 62.4 Å². The van der Waals surface area contributed by atoms with Gasteiger partial charge < -0.3 is 9.30 Å². The van der Waals surface area contributed by atoms with Crippen molar-refractivity contribution >= 4 is 21.8 Å². The molecule has 0 radical (unpaired) electrons. The summed E-state index contributed by atoms with van der Waals surface area (Å²) < 4.78 is 7.90. The van der Waals surface area contributed by atoms with Gasteiger partial charge in [-0.2, -0.15) is 0 Å². The molecule has 1 aromatic heterocycles. The summed E-state index contributed by atoms with van der Waals surface area (Å²) >= 11 is 0. The van der Waals surface area contributed by atoms with E-state index in [-0.39, 0.29) is 0 Å². The molecule has 24 heavy (non-hydrogen) atoms. The maximum Gasteiger partial charge on any atom is 0.111 e. The number of aromatic nitrogens is 1. The van der Waals surface area contributed by atoms with E-state index < -0.39 is 0 Å². The number of benzene rings is 2. The maximum atomic E-state index is 5.44.